The molecule has 1 aromatic carbocycles. The molecule has 0 aliphatic carbocycles. The van der Waals surface area contributed by atoms with Crippen LogP contribution in [0.2, 0.25) is 0 Å². The molecular weight excluding hydrogens is 312 g/mol. The van der Waals surface area contributed by atoms with Gasteiger partial charge in [-0.2, -0.15) is 0 Å². The Kier molecular flexibility index (Phi) is 6.59. The SMILES string of the molecule is CCCCCNS(=O)(=O)c1ccc(CCN2CCCC2=O)cc1. The number of hydrogen-bond acceptors (Lipinski definition) is 3. The number of carbonyl (C=O) groups is 1. The summed E-state index contributed by atoms with van der Waals surface area (Å²) >= 11 is 0. The van der Waals surface area contributed by atoms with Crippen LogP contribution in [0, 0.1) is 0 Å². The Morgan fingerprint density at radius 3 is 2.52 bits per heavy atom. The maximum Gasteiger partial charge on any atom is 0.240 e. The first kappa shape index (κ1) is 17.9. The average Bonchev–Trinajstić information content (AvgIpc) is 2.95. The van der Waals surface area contributed by atoms with Crippen molar-refractivity contribution in [2.45, 2.75) is 50.3 Å². The Balaban J connectivity index is 1.86. The first-order chi connectivity index (χ1) is 11.0. The Labute approximate surface area is 139 Å². The molecular formula is C17H26N2O3S. The largest absolute Gasteiger partial charge is 0.342 e. The van der Waals surface area contributed by atoms with Gasteiger partial charge in [-0.05, 0) is 37.0 Å². The number of unbranched alkanes of at least 4 members (excludes halogenated alkanes) is 2. The average molecular weight is 338 g/mol. The Bertz CT molecular complexity index is 611. The molecule has 1 fully saturated rings. The zero-order valence-corrected chi connectivity index (χ0v) is 14.6. The van der Waals surface area contributed by atoms with Crippen LogP contribution in [0.25, 0.3) is 0 Å². The molecule has 1 N–H and O–H groups in total. The molecule has 0 bridgehead atoms. The summed E-state index contributed by atoms with van der Waals surface area (Å²) in [6.45, 7) is 4.12. The topological polar surface area (TPSA) is 66.5 Å². The summed E-state index contributed by atoms with van der Waals surface area (Å²) in [6.07, 6.45) is 5.31. The van der Waals surface area contributed by atoms with Crippen molar-refractivity contribution < 1.29 is 13.2 Å². The van der Waals surface area contributed by atoms with Gasteiger partial charge in [-0.1, -0.05) is 31.9 Å². The van der Waals surface area contributed by atoms with Crippen molar-refractivity contribution in [1.29, 1.82) is 0 Å². The third-order valence-electron chi connectivity index (χ3n) is 4.15. The fraction of sp³-hybridized carbons (Fsp3) is 0.588. The highest BCUT2D eigenvalue weighted by atomic mass is 32.2. The monoisotopic (exact) mass is 338 g/mol. The normalized spacial score (nSPS) is 15.3. The van der Waals surface area contributed by atoms with Gasteiger partial charge in [0.15, 0.2) is 0 Å². The highest BCUT2D eigenvalue weighted by Gasteiger charge is 2.19. The maximum atomic E-state index is 12.2. The van der Waals surface area contributed by atoms with E-state index in [1.165, 1.54) is 0 Å². The Morgan fingerprint density at radius 2 is 1.91 bits per heavy atom. The molecule has 0 unspecified atom stereocenters. The number of sulfonamides is 1. The first-order valence-corrected chi connectivity index (χ1v) is 9.87. The molecule has 1 heterocycles. The van der Waals surface area contributed by atoms with Gasteiger partial charge >= 0.3 is 0 Å². The van der Waals surface area contributed by atoms with Gasteiger partial charge in [0.2, 0.25) is 15.9 Å². The minimum atomic E-state index is -3.41. The second kappa shape index (κ2) is 8.45. The lowest BCUT2D eigenvalue weighted by Gasteiger charge is -2.15. The van der Waals surface area contributed by atoms with E-state index in [2.05, 4.69) is 11.6 Å². The number of carbonyl (C=O) groups excluding carboxylic acids is 1. The van der Waals surface area contributed by atoms with Crippen molar-refractivity contribution in [3.8, 4) is 0 Å². The van der Waals surface area contributed by atoms with Crippen LogP contribution in [-0.4, -0.2) is 38.9 Å². The number of rotatable bonds is 9. The van der Waals surface area contributed by atoms with Crippen LogP contribution in [0.3, 0.4) is 0 Å². The second-order valence-corrected chi connectivity index (χ2v) is 7.75. The molecule has 0 radical (unpaired) electrons. The molecule has 1 aliphatic rings. The number of likely N-dealkylation sites (tertiary alicyclic amines) is 1. The van der Waals surface area contributed by atoms with Gasteiger partial charge in [0.25, 0.3) is 0 Å². The molecule has 1 aliphatic heterocycles. The fourth-order valence-electron chi connectivity index (χ4n) is 2.70. The van der Waals surface area contributed by atoms with E-state index in [-0.39, 0.29) is 5.91 Å². The van der Waals surface area contributed by atoms with E-state index >= 15 is 0 Å². The summed E-state index contributed by atoms with van der Waals surface area (Å²) in [5, 5.41) is 0. The maximum absolute atomic E-state index is 12.2. The predicted octanol–water partition coefficient (Wildman–Crippen LogP) is 2.32. The second-order valence-electron chi connectivity index (χ2n) is 5.98. The molecule has 6 heteroatoms. The van der Waals surface area contributed by atoms with E-state index < -0.39 is 10.0 Å². The number of nitrogens with zero attached hydrogens (tertiary/aromatic N) is 1. The highest BCUT2D eigenvalue weighted by Crippen LogP contribution is 2.14. The van der Waals surface area contributed by atoms with Crippen LogP contribution in [0.5, 0.6) is 0 Å². The van der Waals surface area contributed by atoms with E-state index in [1.54, 1.807) is 12.1 Å². The van der Waals surface area contributed by atoms with E-state index in [4.69, 9.17) is 0 Å². The van der Waals surface area contributed by atoms with E-state index in [9.17, 15) is 13.2 Å². The molecule has 0 aromatic heterocycles. The smallest absolute Gasteiger partial charge is 0.240 e. The molecule has 1 saturated heterocycles. The molecule has 0 saturated carbocycles. The minimum Gasteiger partial charge on any atom is -0.342 e. The van der Waals surface area contributed by atoms with Crippen molar-refractivity contribution in [3.05, 3.63) is 29.8 Å². The first-order valence-electron chi connectivity index (χ1n) is 8.39. The zero-order chi connectivity index (χ0) is 16.7. The van der Waals surface area contributed by atoms with Gasteiger partial charge in [0, 0.05) is 26.1 Å². The van der Waals surface area contributed by atoms with Crippen molar-refractivity contribution in [3.63, 3.8) is 0 Å². The number of nitrogens with one attached hydrogen (secondary N) is 1. The van der Waals surface area contributed by atoms with Crippen molar-refractivity contribution in [2.75, 3.05) is 19.6 Å². The molecule has 0 atom stereocenters. The highest BCUT2D eigenvalue weighted by molar-refractivity contribution is 7.89. The number of hydrogen-bond donors (Lipinski definition) is 1. The molecule has 0 spiro atoms. The summed E-state index contributed by atoms with van der Waals surface area (Å²) in [5.74, 6) is 0.223. The van der Waals surface area contributed by atoms with Crippen LogP contribution in [0.15, 0.2) is 29.2 Å². The Hall–Kier alpha value is -1.40. The summed E-state index contributed by atoms with van der Waals surface area (Å²) in [4.78, 5) is 13.7. The third kappa shape index (κ3) is 5.32. The van der Waals surface area contributed by atoms with Crippen molar-refractivity contribution >= 4 is 15.9 Å². The van der Waals surface area contributed by atoms with Crippen LogP contribution in [-0.2, 0) is 21.2 Å². The van der Waals surface area contributed by atoms with Crippen LogP contribution < -0.4 is 4.72 Å². The molecule has 2 rings (SSSR count). The van der Waals surface area contributed by atoms with Crippen molar-refractivity contribution in [2.24, 2.45) is 0 Å². The Morgan fingerprint density at radius 1 is 1.17 bits per heavy atom. The summed E-state index contributed by atoms with van der Waals surface area (Å²) < 4.78 is 26.9. The number of benzene rings is 1. The van der Waals surface area contributed by atoms with E-state index in [0.717, 1.165) is 44.2 Å². The van der Waals surface area contributed by atoms with E-state index in [0.29, 0.717) is 24.4 Å². The van der Waals surface area contributed by atoms with Crippen LogP contribution in [0.4, 0.5) is 0 Å². The van der Waals surface area contributed by atoms with Crippen LogP contribution >= 0.6 is 0 Å². The molecule has 1 amide bonds. The van der Waals surface area contributed by atoms with Gasteiger partial charge in [-0.15, -0.1) is 0 Å². The minimum absolute atomic E-state index is 0.223. The van der Waals surface area contributed by atoms with Gasteiger partial charge < -0.3 is 4.90 Å². The number of amides is 1. The van der Waals surface area contributed by atoms with Crippen LogP contribution in [0.1, 0.15) is 44.6 Å². The summed E-state index contributed by atoms with van der Waals surface area (Å²) in [6, 6.07) is 6.95. The molecule has 23 heavy (non-hydrogen) atoms. The quantitative estimate of drug-likeness (QED) is 0.703. The molecule has 128 valence electrons. The van der Waals surface area contributed by atoms with Gasteiger partial charge in [0.05, 0.1) is 4.90 Å². The predicted molar refractivity (Wildman–Crippen MR) is 90.7 cm³/mol. The molecule has 1 aromatic rings. The lowest BCUT2D eigenvalue weighted by Crippen LogP contribution is -2.27. The summed E-state index contributed by atoms with van der Waals surface area (Å²) in [5.41, 5.74) is 1.05. The van der Waals surface area contributed by atoms with Crippen molar-refractivity contribution in [1.82, 2.24) is 9.62 Å². The van der Waals surface area contributed by atoms with E-state index in [1.807, 2.05) is 17.0 Å². The lowest BCUT2D eigenvalue weighted by atomic mass is 10.1. The standard InChI is InChI=1S/C17H26N2O3S/c1-2-3-4-12-18-23(21,22)16-9-7-15(8-10-16)11-14-19-13-5-6-17(19)20/h7-10,18H,2-6,11-14H2,1H3. The third-order valence-corrected chi connectivity index (χ3v) is 5.62. The lowest BCUT2D eigenvalue weighted by molar-refractivity contribution is -0.127. The fourth-order valence-corrected chi connectivity index (χ4v) is 3.78. The van der Waals surface area contributed by atoms with Gasteiger partial charge in [-0.25, -0.2) is 13.1 Å². The zero-order valence-electron chi connectivity index (χ0n) is 13.8. The van der Waals surface area contributed by atoms with Gasteiger partial charge in [0.1, 0.15) is 0 Å². The van der Waals surface area contributed by atoms with Gasteiger partial charge in [-0.3, -0.25) is 4.79 Å². The molecule has 5 nitrogen and oxygen atoms in total. The summed E-state index contributed by atoms with van der Waals surface area (Å²) in [7, 11) is -3.41.